The standard InChI is InChI=1S/C65H104N20O13/c1-5-38(4)53(62(97)81-46(21-14-30-75-65(71)72)63(98)85-31-15-22-50(85)61(96)78-43(54(68)89)18-9-11-27-66)84-57(92)44-19-10-12-28-73-51(87)35-49(77-52(88)36-76-55(90)42(67)33-40-23-25-41(86)26-24-40)60(95)83-48(34-39-16-7-6-8-17-39)59(94)82-47(32-37(2)3)58(93)80-45(56(91)79-44)20-13-29-74-64(69)70/h6-8,16-17,23-26,37-38,42-50,53,86H,5,9-15,18-22,27-36,66-67H2,1-4H3,(H2,68,89)(H,73,87)(H,76,90)(H,77,88)(H,78,96)(H,79,91)(H,80,93)(H,81,97)(H,82,94)(H,83,95)(H,84,92)(H4,69,70,74)(H4,71,72,75)/t38-,42-,43-,44?,45?,46-,47-,48-,49?,50-,53-/m0/s1. The van der Waals surface area contributed by atoms with E-state index < -0.39 is 150 Å². The summed E-state index contributed by atoms with van der Waals surface area (Å²) >= 11 is 0. The number of carbonyl (C=O) groups is 12. The van der Waals surface area contributed by atoms with Crippen molar-refractivity contribution < 1.29 is 62.6 Å². The summed E-state index contributed by atoms with van der Waals surface area (Å²) in [5, 5.41) is 36.5. The number of phenols is 1. The van der Waals surface area contributed by atoms with Crippen molar-refractivity contribution in [2.75, 3.05) is 39.3 Å². The molecule has 2 aliphatic heterocycles. The van der Waals surface area contributed by atoms with E-state index >= 15 is 0 Å². The van der Waals surface area contributed by atoms with Crippen LogP contribution in [0.1, 0.15) is 135 Å². The number of nitrogens with zero attached hydrogens (tertiary/aromatic N) is 3. The van der Waals surface area contributed by atoms with E-state index in [1.807, 2.05) is 0 Å². The van der Waals surface area contributed by atoms with Gasteiger partial charge in [0.2, 0.25) is 70.9 Å². The molecule has 25 N–H and O–H groups in total. The molecule has 12 amide bonds. The molecule has 2 aromatic carbocycles. The fourth-order valence-corrected chi connectivity index (χ4v) is 11.1. The normalized spacial score (nSPS) is 20.5. The van der Waals surface area contributed by atoms with E-state index in [-0.39, 0.29) is 127 Å². The molecule has 2 saturated heterocycles. The molecule has 0 aliphatic carbocycles. The van der Waals surface area contributed by atoms with Crippen LogP contribution in [0.15, 0.2) is 64.6 Å². The second kappa shape index (κ2) is 42.1. The molecule has 33 nitrogen and oxygen atoms in total. The van der Waals surface area contributed by atoms with Crippen LogP contribution >= 0.6 is 0 Å². The Labute approximate surface area is 571 Å². The number of hydrogen-bond acceptors (Lipinski definition) is 17. The zero-order valence-electron chi connectivity index (χ0n) is 56.6. The SMILES string of the molecule is CC[C@H](C)[C@H](NC(=O)C1CCCCNC(=O)CC(NC(=O)CNC(=O)[C@@H](N)Cc2ccc(O)cc2)C(=O)N[C@@H](Cc2ccccc2)C(=O)N[C@@H](CC(C)C)C(=O)NC(CCCN=C(N)N)C(=O)N1)C(=O)N[C@@H](CCCN=C(N)N)C(=O)N1CCC[C@H]1C(=O)N[C@@H](CCCCN)C(N)=O. The van der Waals surface area contributed by atoms with Crippen LogP contribution in [0.3, 0.4) is 0 Å². The summed E-state index contributed by atoms with van der Waals surface area (Å²) in [5.74, 6) is -10.9. The number of rotatable bonds is 32. The van der Waals surface area contributed by atoms with Gasteiger partial charge in [0.05, 0.1) is 19.0 Å². The third-order valence-electron chi connectivity index (χ3n) is 16.7. The number of phenolic OH excluding ortho intramolecular Hbond substituents is 1. The monoisotopic (exact) mass is 1370 g/mol. The molecule has 11 atom stereocenters. The molecule has 2 heterocycles. The molecule has 0 spiro atoms. The number of amides is 12. The number of benzene rings is 2. The maximum absolute atomic E-state index is 14.9. The molecular weight excluding hydrogens is 1270 g/mol. The second-order valence-electron chi connectivity index (χ2n) is 25.2. The lowest BCUT2D eigenvalue weighted by molar-refractivity contribution is -0.142. The molecule has 4 rings (SSSR count). The first-order valence-electron chi connectivity index (χ1n) is 33.5. The summed E-state index contributed by atoms with van der Waals surface area (Å²) in [6.07, 6.45) is 1.78. The first-order valence-corrected chi connectivity index (χ1v) is 33.5. The van der Waals surface area contributed by atoms with Crippen molar-refractivity contribution in [1.82, 2.24) is 58.1 Å². The number of carbonyl (C=O) groups excluding carboxylic acids is 12. The minimum Gasteiger partial charge on any atom is -0.508 e. The largest absolute Gasteiger partial charge is 0.508 e. The number of unbranched alkanes of at least 4 members (excludes halogenated alkanes) is 1. The van der Waals surface area contributed by atoms with Gasteiger partial charge in [0.25, 0.3) is 0 Å². The van der Waals surface area contributed by atoms with E-state index in [9.17, 15) is 62.6 Å². The van der Waals surface area contributed by atoms with Crippen molar-refractivity contribution >= 4 is 82.8 Å². The van der Waals surface area contributed by atoms with Gasteiger partial charge in [-0.15, -0.1) is 0 Å². The van der Waals surface area contributed by atoms with E-state index in [2.05, 4.69) is 63.2 Å². The van der Waals surface area contributed by atoms with E-state index in [1.165, 1.54) is 17.0 Å². The Balaban J connectivity index is 1.71. The van der Waals surface area contributed by atoms with E-state index in [1.54, 1.807) is 70.2 Å². The number of likely N-dealkylation sites (tertiary alicyclic amines) is 1. The summed E-state index contributed by atoms with van der Waals surface area (Å²) in [7, 11) is 0. The highest BCUT2D eigenvalue weighted by molar-refractivity contribution is 6.00. The van der Waals surface area contributed by atoms with Gasteiger partial charge in [-0.2, -0.15) is 0 Å². The van der Waals surface area contributed by atoms with Gasteiger partial charge in [-0.1, -0.05) is 76.6 Å². The first-order chi connectivity index (χ1) is 46.6. The first kappa shape index (κ1) is 80.8. The quantitative estimate of drug-likeness (QED) is 0.0189. The van der Waals surface area contributed by atoms with Crippen LogP contribution in [-0.4, -0.2) is 192 Å². The third kappa shape index (κ3) is 28.6. The smallest absolute Gasteiger partial charge is 0.245 e. The minimum atomic E-state index is -1.66. The van der Waals surface area contributed by atoms with Crippen molar-refractivity contribution in [1.29, 1.82) is 0 Å². The van der Waals surface area contributed by atoms with Crippen LogP contribution in [0.2, 0.25) is 0 Å². The Kier molecular flexibility index (Phi) is 34.7. The van der Waals surface area contributed by atoms with Crippen LogP contribution in [0, 0.1) is 11.8 Å². The molecule has 3 unspecified atom stereocenters. The molecule has 98 heavy (non-hydrogen) atoms. The lowest BCUT2D eigenvalue weighted by Gasteiger charge is -2.32. The molecule has 2 fully saturated rings. The Bertz CT molecular complexity index is 3060. The number of nitrogens with two attached hydrogens (primary N) is 7. The zero-order valence-corrected chi connectivity index (χ0v) is 56.6. The van der Waals surface area contributed by atoms with Crippen molar-refractivity contribution in [3.63, 3.8) is 0 Å². The van der Waals surface area contributed by atoms with Crippen LogP contribution < -0.4 is 93.3 Å². The highest BCUT2D eigenvalue weighted by atomic mass is 16.3. The highest BCUT2D eigenvalue weighted by Gasteiger charge is 2.41. The predicted molar refractivity (Wildman–Crippen MR) is 365 cm³/mol. The molecule has 0 bridgehead atoms. The minimum absolute atomic E-state index is 0.00317. The summed E-state index contributed by atoms with van der Waals surface area (Å²) in [5.41, 5.74) is 41.1. The zero-order chi connectivity index (χ0) is 72.4. The lowest BCUT2D eigenvalue weighted by Crippen LogP contribution is -2.61. The van der Waals surface area contributed by atoms with E-state index in [0.29, 0.717) is 43.4 Å². The maximum atomic E-state index is 14.9. The van der Waals surface area contributed by atoms with Crippen LogP contribution in [0.4, 0.5) is 0 Å². The van der Waals surface area contributed by atoms with Gasteiger partial charge in [-0.25, -0.2) is 0 Å². The number of hydrogen-bond donors (Lipinski definition) is 18. The maximum Gasteiger partial charge on any atom is 0.245 e. The van der Waals surface area contributed by atoms with Crippen LogP contribution in [0.5, 0.6) is 5.75 Å². The Morgan fingerprint density at radius 2 is 1.31 bits per heavy atom. The molecule has 0 saturated carbocycles. The number of nitrogens with one attached hydrogen (secondary N) is 10. The number of primary amides is 1. The molecule has 2 aliphatic rings. The number of guanidine groups is 2. The Hall–Kier alpha value is -9.66. The summed E-state index contributed by atoms with van der Waals surface area (Å²) in [6.45, 7) is 6.83. The average Bonchev–Trinajstić information content (AvgIpc) is 1.57. The van der Waals surface area contributed by atoms with Gasteiger partial charge in [-0.3, -0.25) is 67.5 Å². The Morgan fingerprint density at radius 1 is 0.673 bits per heavy atom. The third-order valence-corrected chi connectivity index (χ3v) is 16.7. The summed E-state index contributed by atoms with van der Waals surface area (Å²) in [4.78, 5) is 179. The molecule has 2 aromatic rings. The van der Waals surface area contributed by atoms with Gasteiger partial charge in [0.15, 0.2) is 11.9 Å². The van der Waals surface area contributed by atoms with Gasteiger partial charge >= 0.3 is 0 Å². The van der Waals surface area contributed by atoms with Crippen LogP contribution in [-0.2, 0) is 70.4 Å². The molecular formula is C65H104N20O13. The molecule has 0 radical (unpaired) electrons. The highest BCUT2D eigenvalue weighted by Crippen LogP contribution is 2.22. The molecule has 0 aromatic heterocycles. The second-order valence-corrected chi connectivity index (χ2v) is 25.2. The topological polar surface area (TPSA) is 555 Å². The van der Waals surface area contributed by atoms with E-state index in [0.717, 1.165) is 0 Å². The average molecular weight is 1370 g/mol. The van der Waals surface area contributed by atoms with Crippen molar-refractivity contribution in [3.8, 4) is 5.75 Å². The fraction of sp³-hybridized carbons (Fsp3) is 0.600. The summed E-state index contributed by atoms with van der Waals surface area (Å²) in [6, 6.07) is 1.37. The van der Waals surface area contributed by atoms with Crippen molar-refractivity contribution in [3.05, 3.63) is 65.7 Å². The molecule has 33 heteroatoms. The van der Waals surface area contributed by atoms with Crippen LogP contribution in [0.25, 0.3) is 0 Å². The van der Waals surface area contributed by atoms with Crippen molar-refractivity contribution in [2.45, 2.75) is 197 Å². The van der Waals surface area contributed by atoms with E-state index in [4.69, 9.17) is 40.1 Å². The molecule has 542 valence electrons. The lowest BCUT2D eigenvalue weighted by atomic mass is 9.96. The van der Waals surface area contributed by atoms with Crippen molar-refractivity contribution in [2.24, 2.45) is 62.0 Å². The van der Waals surface area contributed by atoms with Gasteiger partial charge in [0.1, 0.15) is 60.1 Å². The van der Waals surface area contributed by atoms with Gasteiger partial charge in [-0.05, 0) is 132 Å². The number of aromatic hydroxyl groups is 1. The summed E-state index contributed by atoms with van der Waals surface area (Å²) < 4.78 is 0. The van der Waals surface area contributed by atoms with Gasteiger partial charge < -0.3 is 103 Å². The number of aliphatic imine (C=N–C) groups is 2. The fourth-order valence-electron chi connectivity index (χ4n) is 11.1. The van der Waals surface area contributed by atoms with Gasteiger partial charge in [0, 0.05) is 32.6 Å². The Morgan fingerprint density at radius 3 is 1.95 bits per heavy atom. The predicted octanol–water partition coefficient (Wildman–Crippen LogP) is -4.01.